The van der Waals surface area contributed by atoms with Crippen molar-refractivity contribution in [2.45, 2.75) is 0 Å². The van der Waals surface area contributed by atoms with E-state index in [1.165, 1.54) is 34.9 Å². The van der Waals surface area contributed by atoms with Crippen LogP contribution in [0.1, 0.15) is 16.1 Å². The summed E-state index contributed by atoms with van der Waals surface area (Å²) in [5.41, 5.74) is 0.991. The Kier molecular flexibility index (Phi) is 4.65. The fraction of sp³-hybridized carbons (Fsp3) is 0.0556. The predicted molar refractivity (Wildman–Crippen MR) is 110 cm³/mol. The number of benzene rings is 1. The monoisotopic (exact) mass is 412 g/mol. The van der Waals surface area contributed by atoms with Gasteiger partial charge in [0.05, 0.1) is 23.1 Å². The fourth-order valence-corrected chi connectivity index (χ4v) is 4.09. The molecule has 2 aromatic rings. The van der Waals surface area contributed by atoms with Crippen LogP contribution in [0.4, 0.5) is 0 Å². The summed E-state index contributed by atoms with van der Waals surface area (Å²) >= 11 is 2.43. The normalized spacial score (nSPS) is 17.6. The third-order valence-electron chi connectivity index (χ3n) is 4.01. The lowest BCUT2D eigenvalue weighted by molar-refractivity contribution is -0.114. The lowest BCUT2D eigenvalue weighted by Crippen LogP contribution is -2.41. The van der Waals surface area contributed by atoms with E-state index in [2.05, 4.69) is 9.39 Å². The number of furan rings is 1. The Bertz CT molecular complexity index is 1100. The summed E-state index contributed by atoms with van der Waals surface area (Å²) in [6.07, 6.45) is 3.31. The van der Waals surface area contributed by atoms with Crippen molar-refractivity contribution in [3.05, 3.63) is 53.3 Å². The maximum absolute atomic E-state index is 12.3. The highest BCUT2D eigenvalue weighted by Crippen LogP contribution is 2.31. The number of fused-ring (bicyclic) bond motifs is 1. The van der Waals surface area contributed by atoms with Gasteiger partial charge in [0.25, 0.3) is 5.91 Å². The smallest absolute Gasteiger partial charge is 0.335 e. The number of thioether (sulfide) groups is 1. The first kappa shape index (κ1) is 18.3. The van der Waals surface area contributed by atoms with Crippen LogP contribution in [0.15, 0.2) is 55.8 Å². The van der Waals surface area contributed by atoms with Crippen LogP contribution in [0.5, 0.6) is 0 Å². The van der Waals surface area contributed by atoms with Crippen molar-refractivity contribution in [3.63, 3.8) is 0 Å². The highest BCUT2D eigenvalue weighted by atomic mass is 32.2. The summed E-state index contributed by atoms with van der Waals surface area (Å²) in [4.78, 5) is 28.8. The molecule has 0 unspecified atom stereocenters. The third kappa shape index (κ3) is 3.16. The van der Waals surface area contributed by atoms with Crippen LogP contribution in [0, 0.1) is 5.41 Å². The zero-order valence-electron chi connectivity index (χ0n) is 14.4. The van der Waals surface area contributed by atoms with Gasteiger partial charge in [-0.15, -0.1) is 0 Å². The van der Waals surface area contributed by atoms with Crippen LogP contribution in [0.3, 0.4) is 0 Å². The van der Waals surface area contributed by atoms with Crippen LogP contribution in [-0.4, -0.2) is 44.3 Å². The van der Waals surface area contributed by atoms with Gasteiger partial charge in [-0.2, -0.15) is 9.39 Å². The second kappa shape index (κ2) is 7.13. The topological polar surface area (TPSA) is 119 Å². The lowest BCUT2D eigenvalue weighted by atomic mass is 10.1. The number of aromatic carboxylic acids is 1. The van der Waals surface area contributed by atoms with Crippen molar-refractivity contribution in [1.82, 2.24) is 4.90 Å². The number of amidine groups is 3. The van der Waals surface area contributed by atoms with Crippen molar-refractivity contribution in [3.8, 4) is 11.3 Å². The number of nitrogens with zero attached hydrogens (tertiary/aromatic N) is 3. The molecule has 4 rings (SSSR count). The number of hydrogen-bond acceptors (Lipinski definition) is 7. The molecule has 140 valence electrons. The average Bonchev–Trinajstić information content (AvgIpc) is 3.32. The van der Waals surface area contributed by atoms with E-state index in [0.717, 1.165) is 11.9 Å². The van der Waals surface area contributed by atoms with Gasteiger partial charge in [-0.3, -0.25) is 10.2 Å². The van der Waals surface area contributed by atoms with Gasteiger partial charge in [0, 0.05) is 5.56 Å². The summed E-state index contributed by atoms with van der Waals surface area (Å²) in [7, 11) is 0. The minimum absolute atomic E-state index is 0.00291. The average molecular weight is 412 g/mol. The molecule has 2 aliphatic rings. The summed E-state index contributed by atoms with van der Waals surface area (Å²) in [6.45, 7) is 0. The minimum Gasteiger partial charge on any atom is -0.478 e. The van der Waals surface area contributed by atoms with Gasteiger partial charge >= 0.3 is 5.97 Å². The molecule has 10 heteroatoms. The molecule has 0 spiro atoms. The molecule has 2 N–H and O–H groups in total. The minimum atomic E-state index is -1.00. The molecule has 0 saturated heterocycles. The number of carbonyl (C=O) groups excluding carboxylic acids is 1. The van der Waals surface area contributed by atoms with E-state index in [0.29, 0.717) is 27.4 Å². The molecule has 1 amide bonds. The third-order valence-corrected chi connectivity index (χ3v) is 5.46. The number of rotatable bonds is 3. The van der Waals surface area contributed by atoms with Gasteiger partial charge in [0.2, 0.25) is 5.17 Å². The van der Waals surface area contributed by atoms with Crippen molar-refractivity contribution < 1.29 is 19.1 Å². The molecule has 0 atom stereocenters. The van der Waals surface area contributed by atoms with E-state index in [4.69, 9.17) is 14.9 Å². The Morgan fingerprint density at radius 1 is 1.29 bits per heavy atom. The van der Waals surface area contributed by atoms with E-state index < -0.39 is 11.9 Å². The van der Waals surface area contributed by atoms with E-state index in [-0.39, 0.29) is 17.0 Å². The van der Waals surface area contributed by atoms with E-state index in [9.17, 15) is 9.59 Å². The number of aliphatic imine (C=N–C) groups is 1. The SMILES string of the molecule is CSC1=NSC2=NC(=O)/C(=C\c3ccc(-c4ccc(C(=O)O)cc4)o3)C(=N)N12. The van der Waals surface area contributed by atoms with Crippen LogP contribution in [0.2, 0.25) is 0 Å². The first-order chi connectivity index (χ1) is 13.5. The van der Waals surface area contributed by atoms with E-state index in [1.54, 1.807) is 24.3 Å². The number of hydrogen-bond donors (Lipinski definition) is 2. The fourth-order valence-electron chi connectivity index (χ4n) is 2.64. The first-order valence-corrected chi connectivity index (χ1v) is 9.94. The number of carboxylic acid groups (broad SMARTS) is 1. The summed E-state index contributed by atoms with van der Waals surface area (Å²) in [5.74, 6) is -0.620. The van der Waals surface area contributed by atoms with Gasteiger partial charge in [0.15, 0.2) is 5.17 Å². The Hall–Kier alpha value is -3.11. The summed E-state index contributed by atoms with van der Waals surface area (Å²) in [6, 6.07) is 9.66. The molecular weight excluding hydrogens is 400 g/mol. The van der Waals surface area contributed by atoms with Crippen molar-refractivity contribution in [1.29, 1.82) is 5.41 Å². The molecule has 3 heterocycles. The molecular formula is C18H12N4O4S2. The second-order valence-corrected chi connectivity index (χ2v) is 7.20. The Morgan fingerprint density at radius 3 is 2.71 bits per heavy atom. The van der Waals surface area contributed by atoms with E-state index in [1.807, 2.05) is 6.26 Å². The quantitative estimate of drug-likeness (QED) is 0.584. The zero-order valence-corrected chi connectivity index (χ0v) is 16.0. The van der Waals surface area contributed by atoms with Crippen LogP contribution < -0.4 is 0 Å². The molecule has 1 aromatic heterocycles. The molecule has 8 nitrogen and oxygen atoms in total. The number of carboxylic acids is 1. The van der Waals surface area contributed by atoms with Gasteiger partial charge in [-0.05, 0) is 36.6 Å². The number of amides is 1. The first-order valence-electron chi connectivity index (χ1n) is 7.94. The Labute approximate surface area is 167 Å². The standard InChI is InChI=1S/C18H12N4O4S2/c1-27-18-21-28-17-20-15(23)12(14(19)22(17)18)8-11-6-7-13(26-11)9-2-4-10(5-3-9)16(24)25/h2-8,19H,1H3,(H,24,25)/b12-8-,19-14?. The number of carbonyl (C=O) groups is 2. The van der Waals surface area contributed by atoms with Gasteiger partial charge < -0.3 is 9.52 Å². The van der Waals surface area contributed by atoms with Crippen LogP contribution in [0.25, 0.3) is 17.4 Å². The maximum atomic E-state index is 12.3. The highest BCUT2D eigenvalue weighted by molar-refractivity contribution is 8.18. The summed E-state index contributed by atoms with van der Waals surface area (Å²) in [5, 5.41) is 18.3. The molecule has 0 bridgehead atoms. The molecule has 1 aromatic carbocycles. The van der Waals surface area contributed by atoms with E-state index >= 15 is 0 Å². The molecule has 0 radical (unpaired) electrons. The molecule has 0 aliphatic carbocycles. The van der Waals surface area contributed by atoms with Crippen molar-refractivity contribution >= 4 is 57.8 Å². The van der Waals surface area contributed by atoms with Gasteiger partial charge in [-0.1, -0.05) is 23.9 Å². The predicted octanol–water partition coefficient (Wildman–Crippen LogP) is 3.58. The van der Waals surface area contributed by atoms with Crippen molar-refractivity contribution in [2.75, 3.05) is 6.26 Å². The second-order valence-electron chi connectivity index (χ2n) is 5.70. The lowest BCUT2D eigenvalue weighted by Gasteiger charge is -2.23. The highest BCUT2D eigenvalue weighted by Gasteiger charge is 2.37. The van der Waals surface area contributed by atoms with Crippen LogP contribution >= 0.6 is 23.7 Å². The molecule has 2 aliphatic heterocycles. The van der Waals surface area contributed by atoms with Crippen molar-refractivity contribution in [2.24, 2.45) is 9.39 Å². The Balaban J connectivity index is 1.63. The van der Waals surface area contributed by atoms with Gasteiger partial charge in [0.1, 0.15) is 17.4 Å². The molecule has 28 heavy (non-hydrogen) atoms. The van der Waals surface area contributed by atoms with Gasteiger partial charge in [-0.25, -0.2) is 9.69 Å². The largest absolute Gasteiger partial charge is 0.478 e. The maximum Gasteiger partial charge on any atom is 0.335 e. The molecule has 0 fully saturated rings. The summed E-state index contributed by atoms with van der Waals surface area (Å²) < 4.78 is 9.95. The zero-order chi connectivity index (χ0) is 19.8. The molecule has 0 saturated carbocycles. The van der Waals surface area contributed by atoms with Crippen LogP contribution in [-0.2, 0) is 4.79 Å². The number of nitrogens with one attached hydrogen (secondary N) is 1. The Morgan fingerprint density at radius 2 is 2.04 bits per heavy atom.